The fourth-order valence-corrected chi connectivity index (χ4v) is 3.99. The molecule has 3 heterocycles. The van der Waals surface area contributed by atoms with Crippen LogP contribution in [0.15, 0.2) is 0 Å². The predicted octanol–water partition coefficient (Wildman–Crippen LogP) is -0.965. The molecule has 0 saturated carbocycles. The number of fused-ring (bicyclic) bond motifs is 2. The second kappa shape index (κ2) is 6.52. The molecule has 0 aromatic rings. The lowest BCUT2D eigenvalue weighted by Gasteiger charge is -2.31. The van der Waals surface area contributed by atoms with Crippen molar-refractivity contribution in [2.45, 2.75) is 31.3 Å². The van der Waals surface area contributed by atoms with E-state index in [0.29, 0.717) is 24.4 Å². The third kappa shape index (κ3) is 3.76. The fourth-order valence-electron chi connectivity index (χ4n) is 3.60. The van der Waals surface area contributed by atoms with Gasteiger partial charge in [-0.1, -0.05) is 0 Å². The predicted molar refractivity (Wildman–Crippen MR) is 84.9 cm³/mol. The lowest BCUT2D eigenvalue weighted by molar-refractivity contribution is -0.123. The number of rotatable bonds is 4. The highest BCUT2D eigenvalue weighted by atomic mass is 32.3. The summed E-state index contributed by atoms with van der Waals surface area (Å²) >= 11 is 0. The molecule has 0 spiro atoms. The van der Waals surface area contributed by atoms with Gasteiger partial charge in [0.25, 0.3) is 0 Å². The van der Waals surface area contributed by atoms with Gasteiger partial charge in [-0.25, -0.2) is 4.79 Å². The van der Waals surface area contributed by atoms with Crippen LogP contribution in [-0.4, -0.2) is 84.4 Å². The molecule has 3 amide bonds. The first kappa shape index (κ1) is 18.0. The van der Waals surface area contributed by atoms with Gasteiger partial charge < -0.3 is 15.1 Å². The van der Waals surface area contributed by atoms with Crippen LogP contribution >= 0.6 is 0 Å². The molecule has 25 heavy (non-hydrogen) atoms. The Bertz CT molecular complexity index is 697. The molecule has 3 saturated heterocycles. The summed E-state index contributed by atoms with van der Waals surface area (Å²) in [7, 11) is -2.88. The molecule has 140 valence electrons. The summed E-state index contributed by atoms with van der Waals surface area (Å²) in [5.41, 5.74) is 0. The van der Waals surface area contributed by atoms with Gasteiger partial charge in [-0.15, -0.1) is 4.28 Å². The third-order valence-corrected chi connectivity index (χ3v) is 5.20. The summed E-state index contributed by atoms with van der Waals surface area (Å²) in [6, 6.07) is -1.91. The van der Waals surface area contributed by atoms with Crippen LogP contribution in [0.2, 0.25) is 0 Å². The van der Waals surface area contributed by atoms with E-state index in [1.165, 1.54) is 4.90 Å². The Balaban J connectivity index is 1.63. The molecule has 0 aromatic heterocycles. The second-order valence-electron chi connectivity index (χ2n) is 6.66. The molecule has 3 N–H and O–H groups in total. The SMILES string of the molecule is CN1CCC(C(=O)NC(=N)C2CCC3CN2C(=O)N3OS(=O)(=O)O)C1. The van der Waals surface area contributed by atoms with Gasteiger partial charge in [0.15, 0.2) is 0 Å². The summed E-state index contributed by atoms with van der Waals surface area (Å²) in [5, 5.41) is 11.3. The van der Waals surface area contributed by atoms with E-state index in [-0.39, 0.29) is 24.2 Å². The van der Waals surface area contributed by atoms with Crippen molar-refractivity contribution in [2.75, 3.05) is 26.7 Å². The van der Waals surface area contributed by atoms with Crippen LogP contribution in [0.5, 0.6) is 0 Å². The number of urea groups is 1. The van der Waals surface area contributed by atoms with Crippen LogP contribution in [-0.2, 0) is 19.5 Å². The van der Waals surface area contributed by atoms with Gasteiger partial charge in [-0.3, -0.25) is 14.8 Å². The van der Waals surface area contributed by atoms with Crippen LogP contribution < -0.4 is 5.32 Å². The van der Waals surface area contributed by atoms with Crippen molar-refractivity contribution in [3.63, 3.8) is 0 Å². The summed E-state index contributed by atoms with van der Waals surface area (Å²) in [6.07, 6.45) is 1.51. The number of hydroxylamine groups is 2. The van der Waals surface area contributed by atoms with Crippen LogP contribution in [0.4, 0.5) is 4.79 Å². The van der Waals surface area contributed by atoms with Crippen molar-refractivity contribution in [2.24, 2.45) is 5.92 Å². The lowest BCUT2D eigenvalue weighted by atomic mass is 9.99. The molecule has 11 nitrogen and oxygen atoms in total. The average molecular weight is 375 g/mol. The number of carbonyl (C=O) groups excluding carboxylic acids is 2. The smallest absolute Gasteiger partial charge is 0.313 e. The van der Waals surface area contributed by atoms with Crippen LogP contribution in [0.25, 0.3) is 0 Å². The molecule has 0 aliphatic carbocycles. The van der Waals surface area contributed by atoms with Crippen molar-refractivity contribution in [3.05, 3.63) is 0 Å². The van der Waals surface area contributed by atoms with Gasteiger partial charge in [0, 0.05) is 13.1 Å². The Hall–Kier alpha value is -1.76. The summed E-state index contributed by atoms with van der Waals surface area (Å²) in [6.45, 7) is 1.62. The molecule has 0 aromatic carbocycles. The lowest BCUT2D eigenvalue weighted by Crippen LogP contribution is -2.51. The molecule has 0 radical (unpaired) electrons. The summed E-state index contributed by atoms with van der Waals surface area (Å²) < 4.78 is 34.9. The molecule has 2 bridgehead atoms. The van der Waals surface area contributed by atoms with Crippen molar-refractivity contribution in [1.82, 2.24) is 20.2 Å². The molecule has 3 unspecified atom stereocenters. The van der Waals surface area contributed by atoms with Gasteiger partial charge in [0.05, 0.1) is 18.0 Å². The number of likely N-dealkylation sites (tertiary alicyclic amines) is 1. The largest absolute Gasteiger partial charge is 0.418 e. The number of hydrogen-bond donors (Lipinski definition) is 3. The van der Waals surface area contributed by atoms with Crippen LogP contribution in [0.3, 0.4) is 0 Å². The zero-order chi connectivity index (χ0) is 18.4. The van der Waals surface area contributed by atoms with E-state index in [2.05, 4.69) is 9.60 Å². The topological polar surface area (TPSA) is 143 Å². The van der Waals surface area contributed by atoms with E-state index in [4.69, 9.17) is 9.96 Å². The Kier molecular flexibility index (Phi) is 4.70. The van der Waals surface area contributed by atoms with E-state index >= 15 is 0 Å². The van der Waals surface area contributed by atoms with E-state index in [9.17, 15) is 18.0 Å². The summed E-state index contributed by atoms with van der Waals surface area (Å²) in [4.78, 5) is 27.9. The van der Waals surface area contributed by atoms with Gasteiger partial charge in [0.1, 0.15) is 5.84 Å². The van der Waals surface area contributed by atoms with Gasteiger partial charge >= 0.3 is 16.4 Å². The van der Waals surface area contributed by atoms with Gasteiger partial charge in [-0.05, 0) is 32.9 Å². The minimum Gasteiger partial charge on any atom is -0.313 e. The second-order valence-corrected chi connectivity index (χ2v) is 7.67. The van der Waals surface area contributed by atoms with Crippen LogP contribution in [0.1, 0.15) is 19.3 Å². The van der Waals surface area contributed by atoms with Crippen molar-refractivity contribution < 1.29 is 26.8 Å². The first-order valence-corrected chi connectivity index (χ1v) is 9.37. The average Bonchev–Trinajstić information content (AvgIpc) is 3.05. The molecule has 3 fully saturated rings. The number of amides is 3. The number of nitrogens with one attached hydrogen (secondary N) is 2. The number of carbonyl (C=O) groups is 2. The van der Waals surface area contributed by atoms with E-state index in [0.717, 1.165) is 13.0 Å². The molecular weight excluding hydrogens is 354 g/mol. The zero-order valence-electron chi connectivity index (χ0n) is 13.7. The highest BCUT2D eigenvalue weighted by Gasteiger charge is 2.48. The highest BCUT2D eigenvalue weighted by Crippen LogP contribution is 2.30. The van der Waals surface area contributed by atoms with Crippen molar-refractivity contribution >= 4 is 28.2 Å². The third-order valence-electron chi connectivity index (χ3n) is 4.85. The minimum atomic E-state index is -4.80. The van der Waals surface area contributed by atoms with Gasteiger partial charge in [0.2, 0.25) is 5.91 Å². The maximum Gasteiger partial charge on any atom is 0.418 e. The molecule has 3 aliphatic rings. The normalized spacial score (nSPS) is 30.0. The van der Waals surface area contributed by atoms with E-state index < -0.39 is 28.5 Å². The highest BCUT2D eigenvalue weighted by molar-refractivity contribution is 7.80. The Morgan fingerprint density at radius 3 is 2.64 bits per heavy atom. The molecule has 3 atom stereocenters. The van der Waals surface area contributed by atoms with Crippen LogP contribution in [0, 0.1) is 11.3 Å². The Morgan fingerprint density at radius 2 is 2.04 bits per heavy atom. The molecule has 3 aliphatic heterocycles. The van der Waals surface area contributed by atoms with E-state index in [1.54, 1.807) is 0 Å². The number of hydrogen-bond acceptors (Lipinski definition) is 7. The summed E-state index contributed by atoms with van der Waals surface area (Å²) in [5.74, 6) is -0.510. The minimum absolute atomic E-state index is 0.0833. The number of amidine groups is 1. The Morgan fingerprint density at radius 1 is 1.32 bits per heavy atom. The maximum atomic E-state index is 12.3. The van der Waals surface area contributed by atoms with E-state index in [1.807, 2.05) is 11.9 Å². The van der Waals surface area contributed by atoms with Gasteiger partial charge in [-0.2, -0.15) is 13.5 Å². The zero-order valence-corrected chi connectivity index (χ0v) is 14.5. The number of nitrogens with zero attached hydrogens (tertiary/aromatic N) is 3. The Labute approximate surface area is 145 Å². The standard InChI is InChI=1S/C13H21N5O6S/c1-16-5-4-8(6-16)12(19)15-11(14)10-3-2-9-7-17(10)13(20)18(9)24-25(21,22)23/h8-10H,2-7H2,1H3,(H2,14,15,19)(H,21,22,23). The number of piperidine rings is 1. The monoisotopic (exact) mass is 375 g/mol. The maximum absolute atomic E-state index is 12.3. The first-order valence-electron chi connectivity index (χ1n) is 8.00. The van der Waals surface area contributed by atoms with Crippen molar-refractivity contribution in [1.29, 1.82) is 5.41 Å². The fraction of sp³-hybridized carbons (Fsp3) is 0.769. The quantitative estimate of drug-likeness (QED) is 0.326. The molecule has 3 rings (SSSR count). The molecular formula is C13H21N5O6S. The van der Waals surface area contributed by atoms with Crippen molar-refractivity contribution in [3.8, 4) is 0 Å². The molecule has 12 heteroatoms. The first-order chi connectivity index (χ1) is 11.7.